The lowest BCUT2D eigenvalue weighted by Gasteiger charge is -2.14. The number of aromatic nitrogens is 3. The minimum atomic E-state index is 0.638. The Morgan fingerprint density at radius 2 is 0.887 bits per heavy atom. The predicted molar refractivity (Wildman–Crippen MR) is 223 cm³/mol. The van der Waals surface area contributed by atoms with Gasteiger partial charge in [-0.05, 0) is 68.4 Å². The summed E-state index contributed by atoms with van der Waals surface area (Å²) in [4.78, 5) is 15.7. The maximum absolute atomic E-state index is 5.32. The van der Waals surface area contributed by atoms with Crippen LogP contribution in [0.25, 0.3) is 98.5 Å². The van der Waals surface area contributed by atoms with Crippen molar-refractivity contribution in [2.45, 2.75) is 0 Å². The molecule has 4 heteroatoms. The van der Waals surface area contributed by atoms with Crippen molar-refractivity contribution in [3.8, 4) is 67.5 Å². The quantitative estimate of drug-likeness (QED) is 0.174. The molecule has 8 aromatic carbocycles. The van der Waals surface area contributed by atoms with Crippen molar-refractivity contribution in [1.29, 1.82) is 0 Å². The van der Waals surface area contributed by atoms with Crippen LogP contribution in [0.2, 0.25) is 0 Å². The third-order valence-electron chi connectivity index (χ3n) is 9.94. The summed E-state index contributed by atoms with van der Waals surface area (Å²) in [7, 11) is 0. The van der Waals surface area contributed by atoms with Crippen LogP contribution in [0.4, 0.5) is 0 Å². The molecule has 0 radical (unpaired) electrons. The summed E-state index contributed by atoms with van der Waals surface area (Å²) < 4.78 is 2.45. The number of hydrogen-bond acceptors (Lipinski definition) is 4. The molecule has 0 saturated carbocycles. The van der Waals surface area contributed by atoms with Crippen molar-refractivity contribution in [3.05, 3.63) is 188 Å². The van der Waals surface area contributed by atoms with Crippen LogP contribution < -0.4 is 0 Å². The van der Waals surface area contributed by atoms with Crippen LogP contribution in [-0.4, -0.2) is 15.0 Å². The number of hydrogen-bond donors (Lipinski definition) is 0. The molecule has 0 saturated heterocycles. The summed E-state index contributed by atoms with van der Waals surface area (Å²) in [6, 6.07) is 66.3. The lowest BCUT2D eigenvalue weighted by atomic mass is 9.94. The first kappa shape index (κ1) is 31.0. The summed E-state index contributed by atoms with van der Waals surface area (Å²) in [5, 5.41) is 4.87. The molecule has 2 heterocycles. The van der Waals surface area contributed by atoms with Gasteiger partial charge in [-0.15, -0.1) is 11.3 Å². The fraction of sp³-hybridized carbons (Fsp3) is 0. The molecule has 248 valence electrons. The van der Waals surface area contributed by atoms with Gasteiger partial charge in [0.2, 0.25) is 0 Å². The maximum Gasteiger partial charge on any atom is 0.165 e. The first-order valence-electron chi connectivity index (χ1n) is 17.8. The SMILES string of the molecule is c1ccc(-c2nc(-c3cccc(-c4ccc(-c5ccc6ccccc6c5)cc4)c3)nc(-c3c(-c4ccccc4)ccc4sc5ccccc5c34)n2)cc1. The van der Waals surface area contributed by atoms with E-state index in [0.717, 1.165) is 38.9 Å². The molecule has 3 nitrogen and oxygen atoms in total. The number of nitrogens with zero attached hydrogens (tertiary/aromatic N) is 3. The van der Waals surface area contributed by atoms with Gasteiger partial charge in [-0.3, -0.25) is 0 Å². The van der Waals surface area contributed by atoms with Crippen LogP contribution in [0.1, 0.15) is 0 Å². The highest BCUT2D eigenvalue weighted by Crippen LogP contribution is 2.44. The van der Waals surface area contributed by atoms with Crippen molar-refractivity contribution in [2.24, 2.45) is 0 Å². The molecule has 0 unspecified atom stereocenters. The molecule has 10 aromatic rings. The van der Waals surface area contributed by atoms with Gasteiger partial charge in [0.1, 0.15) is 0 Å². The van der Waals surface area contributed by atoms with Crippen LogP contribution in [0, 0.1) is 0 Å². The first-order valence-corrected chi connectivity index (χ1v) is 18.6. The largest absolute Gasteiger partial charge is 0.208 e. The van der Waals surface area contributed by atoms with Crippen LogP contribution >= 0.6 is 11.3 Å². The van der Waals surface area contributed by atoms with Crippen molar-refractivity contribution in [1.82, 2.24) is 15.0 Å². The van der Waals surface area contributed by atoms with E-state index >= 15 is 0 Å². The van der Waals surface area contributed by atoms with E-state index in [-0.39, 0.29) is 0 Å². The third kappa shape index (κ3) is 5.76. The molecule has 0 N–H and O–H groups in total. The lowest BCUT2D eigenvalue weighted by molar-refractivity contribution is 1.08. The Morgan fingerprint density at radius 3 is 1.66 bits per heavy atom. The van der Waals surface area contributed by atoms with Crippen molar-refractivity contribution in [2.75, 3.05) is 0 Å². The van der Waals surface area contributed by atoms with Gasteiger partial charge >= 0.3 is 0 Å². The van der Waals surface area contributed by atoms with E-state index in [4.69, 9.17) is 15.0 Å². The first-order chi connectivity index (χ1) is 26.2. The Hall–Kier alpha value is -6.75. The van der Waals surface area contributed by atoms with Crippen LogP contribution in [0.3, 0.4) is 0 Å². The molecular weight excluding hydrogens is 663 g/mol. The average Bonchev–Trinajstić information content (AvgIpc) is 3.62. The fourth-order valence-electron chi connectivity index (χ4n) is 7.30. The van der Waals surface area contributed by atoms with E-state index < -0.39 is 0 Å². The topological polar surface area (TPSA) is 38.7 Å². The summed E-state index contributed by atoms with van der Waals surface area (Å²) >= 11 is 1.80. The molecule has 2 aromatic heterocycles. The molecule has 10 rings (SSSR count). The number of rotatable bonds is 6. The van der Waals surface area contributed by atoms with E-state index in [0.29, 0.717) is 17.5 Å². The Kier molecular flexibility index (Phi) is 7.67. The molecule has 0 atom stereocenters. The highest BCUT2D eigenvalue weighted by atomic mass is 32.1. The Bertz CT molecular complexity index is 2930. The highest BCUT2D eigenvalue weighted by Gasteiger charge is 2.21. The minimum Gasteiger partial charge on any atom is -0.208 e. The second-order valence-electron chi connectivity index (χ2n) is 13.2. The molecule has 0 amide bonds. The lowest BCUT2D eigenvalue weighted by Crippen LogP contribution is -2.01. The van der Waals surface area contributed by atoms with E-state index in [2.05, 4.69) is 170 Å². The van der Waals surface area contributed by atoms with E-state index in [1.807, 2.05) is 18.2 Å². The minimum absolute atomic E-state index is 0.638. The molecule has 0 spiro atoms. The van der Waals surface area contributed by atoms with Crippen molar-refractivity contribution < 1.29 is 0 Å². The Labute approximate surface area is 311 Å². The second kappa shape index (κ2) is 13.1. The summed E-state index contributed by atoms with van der Waals surface area (Å²) in [6.45, 7) is 0. The van der Waals surface area contributed by atoms with Gasteiger partial charge in [0.15, 0.2) is 17.5 Å². The highest BCUT2D eigenvalue weighted by molar-refractivity contribution is 7.26. The van der Waals surface area contributed by atoms with Gasteiger partial charge in [0.25, 0.3) is 0 Å². The van der Waals surface area contributed by atoms with Crippen LogP contribution in [-0.2, 0) is 0 Å². The summed E-state index contributed by atoms with van der Waals surface area (Å²) in [5.74, 6) is 1.94. The molecule has 0 fully saturated rings. The standard InChI is InChI=1S/C49H31N3S/c1-3-13-35(14-4-1)41-28-29-44-45(42-20-9-10-21-43(42)53-44)46(41)49-51-47(36-15-5-2-6-16-36)50-48(52-49)40-19-11-18-38(31-40)33-22-24-34(25-23-33)39-27-26-32-12-7-8-17-37(32)30-39/h1-31H. The monoisotopic (exact) mass is 693 g/mol. The molecule has 0 aliphatic carbocycles. The zero-order valence-corrected chi connectivity index (χ0v) is 29.5. The van der Waals surface area contributed by atoms with Gasteiger partial charge < -0.3 is 0 Å². The summed E-state index contributed by atoms with van der Waals surface area (Å²) in [6.07, 6.45) is 0. The predicted octanol–water partition coefficient (Wildman–Crippen LogP) is 13.4. The Balaban J connectivity index is 1.13. The summed E-state index contributed by atoms with van der Waals surface area (Å²) in [5.41, 5.74) is 9.75. The molecule has 0 bridgehead atoms. The van der Waals surface area contributed by atoms with Gasteiger partial charge in [-0.25, -0.2) is 15.0 Å². The van der Waals surface area contributed by atoms with Crippen molar-refractivity contribution in [3.63, 3.8) is 0 Å². The van der Waals surface area contributed by atoms with Gasteiger partial charge in [0, 0.05) is 36.9 Å². The zero-order valence-electron chi connectivity index (χ0n) is 28.6. The Morgan fingerprint density at radius 1 is 0.321 bits per heavy atom. The van der Waals surface area contributed by atoms with Crippen molar-refractivity contribution >= 4 is 42.3 Å². The van der Waals surface area contributed by atoms with Crippen LogP contribution in [0.5, 0.6) is 0 Å². The molecule has 0 aliphatic heterocycles. The van der Waals surface area contributed by atoms with Gasteiger partial charge in [0.05, 0.1) is 0 Å². The third-order valence-corrected chi connectivity index (χ3v) is 11.1. The van der Waals surface area contributed by atoms with E-state index in [9.17, 15) is 0 Å². The van der Waals surface area contributed by atoms with Gasteiger partial charge in [-0.2, -0.15) is 0 Å². The van der Waals surface area contributed by atoms with Gasteiger partial charge in [-0.1, -0.05) is 164 Å². The smallest absolute Gasteiger partial charge is 0.165 e. The zero-order chi connectivity index (χ0) is 35.1. The fourth-order valence-corrected chi connectivity index (χ4v) is 8.42. The maximum atomic E-state index is 5.32. The molecule has 53 heavy (non-hydrogen) atoms. The molecule has 0 aliphatic rings. The number of benzene rings is 8. The van der Waals surface area contributed by atoms with E-state index in [1.54, 1.807) is 11.3 Å². The van der Waals surface area contributed by atoms with Crippen LogP contribution in [0.15, 0.2) is 188 Å². The number of fused-ring (bicyclic) bond motifs is 4. The average molecular weight is 694 g/mol. The number of thiophene rings is 1. The molecular formula is C49H31N3S. The normalized spacial score (nSPS) is 11.4. The van der Waals surface area contributed by atoms with E-state index in [1.165, 1.54) is 42.1 Å². The second-order valence-corrected chi connectivity index (χ2v) is 14.3.